The van der Waals surface area contributed by atoms with Crippen LogP contribution in [0.4, 0.5) is 11.6 Å². The maximum atomic E-state index is 11.9. The molecule has 0 saturated carbocycles. The zero-order valence-corrected chi connectivity index (χ0v) is 12.4. The minimum Gasteiger partial charge on any atom is -0.324 e. The molecule has 0 amide bonds. The highest BCUT2D eigenvalue weighted by Crippen LogP contribution is 2.20. The number of nitrogens with one attached hydrogen (secondary N) is 2. The summed E-state index contributed by atoms with van der Waals surface area (Å²) in [7, 11) is 0. The Kier molecular flexibility index (Phi) is 3.04. The predicted octanol–water partition coefficient (Wildman–Crippen LogP) is 2.43. The number of hydrogen-bond acceptors (Lipinski definition) is 5. The molecule has 23 heavy (non-hydrogen) atoms. The van der Waals surface area contributed by atoms with Gasteiger partial charge >= 0.3 is 0 Å². The van der Waals surface area contributed by atoms with Crippen molar-refractivity contribution in [3.05, 3.63) is 53.1 Å². The SMILES string of the molecule is CCn1c(=O)ccc2cnc(Nc3ccc4cn[nH]c4c3)nc21. The standard InChI is InChI=1S/C16H14N6O/c1-2-22-14(23)6-4-11-8-17-16(20-15(11)22)19-12-5-3-10-9-18-21-13(10)7-12/h3-9H,2H2,1H3,(H,18,21)(H,17,19,20). The lowest BCUT2D eigenvalue weighted by atomic mass is 10.2. The van der Waals surface area contributed by atoms with E-state index in [1.54, 1.807) is 23.0 Å². The second-order valence-electron chi connectivity index (χ2n) is 5.19. The zero-order valence-electron chi connectivity index (χ0n) is 12.4. The van der Waals surface area contributed by atoms with Crippen molar-refractivity contribution in [3.8, 4) is 0 Å². The van der Waals surface area contributed by atoms with E-state index in [-0.39, 0.29) is 5.56 Å². The average Bonchev–Trinajstić information content (AvgIpc) is 3.02. The van der Waals surface area contributed by atoms with Crippen LogP contribution < -0.4 is 10.9 Å². The van der Waals surface area contributed by atoms with Crippen molar-refractivity contribution in [1.29, 1.82) is 0 Å². The number of aryl methyl sites for hydroxylation is 1. The number of benzene rings is 1. The Hall–Kier alpha value is -3.22. The summed E-state index contributed by atoms with van der Waals surface area (Å²) in [5.41, 5.74) is 2.34. The van der Waals surface area contributed by atoms with Gasteiger partial charge in [0.1, 0.15) is 5.65 Å². The van der Waals surface area contributed by atoms with Crippen molar-refractivity contribution in [2.24, 2.45) is 0 Å². The molecule has 0 saturated heterocycles. The van der Waals surface area contributed by atoms with Crippen LogP contribution >= 0.6 is 0 Å². The van der Waals surface area contributed by atoms with Crippen molar-refractivity contribution in [2.75, 3.05) is 5.32 Å². The van der Waals surface area contributed by atoms with Gasteiger partial charge in [0, 0.05) is 35.3 Å². The summed E-state index contributed by atoms with van der Waals surface area (Å²) in [6, 6.07) is 9.11. The third-order valence-corrected chi connectivity index (χ3v) is 3.74. The lowest BCUT2D eigenvalue weighted by Gasteiger charge is -2.09. The zero-order chi connectivity index (χ0) is 15.8. The molecule has 0 aliphatic rings. The molecule has 3 aromatic heterocycles. The van der Waals surface area contributed by atoms with Gasteiger partial charge in [-0.1, -0.05) is 0 Å². The molecule has 0 aliphatic heterocycles. The van der Waals surface area contributed by atoms with Gasteiger partial charge in [-0.25, -0.2) is 4.98 Å². The molecule has 0 spiro atoms. The van der Waals surface area contributed by atoms with Crippen LogP contribution in [0.25, 0.3) is 21.9 Å². The molecular formula is C16H14N6O. The number of nitrogens with zero attached hydrogens (tertiary/aromatic N) is 4. The van der Waals surface area contributed by atoms with Crippen LogP contribution in [0.1, 0.15) is 6.92 Å². The van der Waals surface area contributed by atoms with Gasteiger partial charge in [-0.05, 0) is 31.2 Å². The molecule has 2 N–H and O–H groups in total. The van der Waals surface area contributed by atoms with Crippen LogP contribution in [0, 0.1) is 0 Å². The average molecular weight is 306 g/mol. The van der Waals surface area contributed by atoms with Gasteiger partial charge in [0.15, 0.2) is 0 Å². The van der Waals surface area contributed by atoms with E-state index in [1.165, 1.54) is 6.07 Å². The molecule has 0 unspecified atom stereocenters. The molecule has 0 fully saturated rings. The normalized spacial score (nSPS) is 11.2. The molecule has 7 nitrogen and oxygen atoms in total. The Labute approximate surface area is 131 Å². The largest absolute Gasteiger partial charge is 0.324 e. The highest BCUT2D eigenvalue weighted by Gasteiger charge is 2.06. The minimum absolute atomic E-state index is 0.0662. The van der Waals surface area contributed by atoms with E-state index in [4.69, 9.17) is 0 Å². The fraction of sp³-hybridized carbons (Fsp3) is 0.125. The van der Waals surface area contributed by atoms with Crippen LogP contribution in [0.5, 0.6) is 0 Å². The fourth-order valence-electron chi connectivity index (χ4n) is 2.58. The maximum Gasteiger partial charge on any atom is 0.252 e. The first-order valence-electron chi connectivity index (χ1n) is 7.31. The van der Waals surface area contributed by atoms with Crippen LogP contribution in [-0.2, 0) is 6.54 Å². The van der Waals surface area contributed by atoms with Gasteiger partial charge in [-0.2, -0.15) is 10.1 Å². The van der Waals surface area contributed by atoms with Gasteiger partial charge in [-0.15, -0.1) is 0 Å². The van der Waals surface area contributed by atoms with Crippen LogP contribution in [0.15, 0.2) is 47.5 Å². The van der Waals surface area contributed by atoms with Crippen molar-refractivity contribution < 1.29 is 0 Å². The monoisotopic (exact) mass is 306 g/mol. The molecule has 1 aromatic carbocycles. The summed E-state index contributed by atoms with van der Waals surface area (Å²) in [6.07, 6.45) is 3.48. The number of H-pyrrole nitrogens is 1. The molecule has 7 heteroatoms. The van der Waals surface area contributed by atoms with Crippen LogP contribution in [0.3, 0.4) is 0 Å². The van der Waals surface area contributed by atoms with E-state index >= 15 is 0 Å². The smallest absolute Gasteiger partial charge is 0.252 e. The van der Waals surface area contributed by atoms with Crippen molar-refractivity contribution in [2.45, 2.75) is 13.5 Å². The number of pyridine rings is 1. The van der Waals surface area contributed by atoms with Gasteiger partial charge in [-0.3, -0.25) is 14.5 Å². The highest BCUT2D eigenvalue weighted by molar-refractivity contribution is 5.82. The molecule has 0 atom stereocenters. The Bertz CT molecular complexity index is 1060. The number of aromatic amines is 1. The Morgan fingerprint density at radius 1 is 1.17 bits per heavy atom. The Morgan fingerprint density at radius 3 is 2.91 bits per heavy atom. The lowest BCUT2D eigenvalue weighted by molar-refractivity contribution is 0.749. The number of aromatic nitrogens is 5. The second-order valence-corrected chi connectivity index (χ2v) is 5.19. The van der Waals surface area contributed by atoms with Crippen LogP contribution in [0.2, 0.25) is 0 Å². The van der Waals surface area contributed by atoms with E-state index < -0.39 is 0 Å². The molecule has 114 valence electrons. The maximum absolute atomic E-state index is 11.9. The summed E-state index contributed by atoms with van der Waals surface area (Å²) in [4.78, 5) is 20.7. The third-order valence-electron chi connectivity index (χ3n) is 3.74. The van der Waals surface area contributed by atoms with E-state index in [1.807, 2.05) is 25.1 Å². The van der Waals surface area contributed by atoms with Gasteiger partial charge < -0.3 is 5.32 Å². The molecule has 0 bridgehead atoms. The number of fused-ring (bicyclic) bond motifs is 2. The number of anilines is 2. The molecular weight excluding hydrogens is 292 g/mol. The first-order chi connectivity index (χ1) is 11.2. The number of hydrogen-bond donors (Lipinski definition) is 2. The summed E-state index contributed by atoms with van der Waals surface area (Å²) < 4.78 is 1.63. The molecule has 3 heterocycles. The van der Waals surface area contributed by atoms with E-state index in [2.05, 4.69) is 25.5 Å². The van der Waals surface area contributed by atoms with E-state index in [9.17, 15) is 4.79 Å². The molecule has 4 rings (SSSR count). The summed E-state index contributed by atoms with van der Waals surface area (Å²) in [5, 5.41) is 12.0. The second kappa shape index (κ2) is 5.20. The predicted molar refractivity (Wildman–Crippen MR) is 88.8 cm³/mol. The molecule has 0 radical (unpaired) electrons. The minimum atomic E-state index is -0.0662. The van der Waals surface area contributed by atoms with E-state index in [0.717, 1.165) is 22.0 Å². The van der Waals surface area contributed by atoms with Gasteiger partial charge in [0.25, 0.3) is 5.56 Å². The first kappa shape index (κ1) is 13.4. The topological polar surface area (TPSA) is 88.5 Å². The van der Waals surface area contributed by atoms with Gasteiger partial charge in [0.2, 0.25) is 5.95 Å². The first-order valence-corrected chi connectivity index (χ1v) is 7.31. The highest BCUT2D eigenvalue weighted by atomic mass is 16.1. The molecule has 0 aliphatic carbocycles. The summed E-state index contributed by atoms with van der Waals surface area (Å²) in [6.45, 7) is 2.48. The van der Waals surface area contributed by atoms with Crippen LogP contribution in [-0.4, -0.2) is 24.7 Å². The van der Waals surface area contributed by atoms with Crippen molar-refractivity contribution >= 4 is 33.6 Å². The summed E-state index contributed by atoms with van der Waals surface area (Å²) >= 11 is 0. The Balaban J connectivity index is 1.77. The van der Waals surface area contributed by atoms with Crippen molar-refractivity contribution in [3.63, 3.8) is 0 Å². The molecule has 4 aromatic rings. The van der Waals surface area contributed by atoms with Gasteiger partial charge in [0.05, 0.1) is 11.7 Å². The van der Waals surface area contributed by atoms with E-state index in [0.29, 0.717) is 18.1 Å². The third kappa shape index (κ3) is 2.32. The fourth-order valence-corrected chi connectivity index (χ4v) is 2.58. The number of rotatable bonds is 3. The summed E-state index contributed by atoms with van der Waals surface area (Å²) in [5.74, 6) is 0.448. The quantitative estimate of drug-likeness (QED) is 0.607. The van der Waals surface area contributed by atoms with Crippen molar-refractivity contribution in [1.82, 2.24) is 24.7 Å². The lowest BCUT2D eigenvalue weighted by Crippen LogP contribution is -2.19. The Morgan fingerprint density at radius 2 is 2.04 bits per heavy atom.